The zero-order valence-electron chi connectivity index (χ0n) is 24.9. The van der Waals surface area contributed by atoms with Crippen LogP contribution in [-0.2, 0) is 30.4 Å². The fourth-order valence-corrected chi connectivity index (χ4v) is 6.85. The van der Waals surface area contributed by atoms with Crippen molar-refractivity contribution in [2.45, 2.75) is 9.79 Å². The summed E-state index contributed by atoms with van der Waals surface area (Å²) in [5.41, 5.74) is 2.49. The van der Waals surface area contributed by atoms with Gasteiger partial charge in [-0.1, -0.05) is 12.1 Å². The molecule has 0 aliphatic heterocycles. The first-order chi connectivity index (χ1) is 23.4. The van der Waals surface area contributed by atoms with Crippen LogP contribution in [0, 0.1) is 0 Å². The van der Waals surface area contributed by atoms with Gasteiger partial charge in [0.15, 0.2) is 5.71 Å². The SMILES string of the molecule is O=C(Nc1ccc2c(c1)C=C(S(=O)(=O)O)/C(=N\Nc1ccc3cc(S(=O)(=O)O)ccc3c1)C2=O)Nc1ccc2c(O)cc(S(=O)(=O)O)cc2c1. The Morgan fingerprint density at radius 1 is 0.620 bits per heavy atom. The molecule has 0 spiro atoms. The minimum Gasteiger partial charge on any atom is -0.507 e. The number of urea groups is 1. The number of amides is 2. The van der Waals surface area contributed by atoms with Gasteiger partial charge >= 0.3 is 6.03 Å². The third-order valence-corrected chi connectivity index (χ3v) is 9.98. The smallest absolute Gasteiger partial charge is 0.323 e. The quantitative estimate of drug-likeness (QED) is 0.0881. The van der Waals surface area contributed by atoms with Gasteiger partial charge in [0.25, 0.3) is 30.4 Å². The molecule has 7 N–H and O–H groups in total. The molecule has 256 valence electrons. The van der Waals surface area contributed by atoms with Gasteiger partial charge in [-0.2, -0.15) is 30.4 Å². The average molecular weight is 739 g/mol. The number of phenolic OH excluding ortho intramolecular Hbond substituents is 1. The second-order valence-electron chi connectivity index (χ2n) is 10.8. The van der Waals surface area contributed by atoms with E-state index in [1.54, 1.807) is 0 Å². The van der Waals surface area contributed by atoms with Crippen LogP contribution in [0.5, 0.6) is 5.75 Å². The third kappa shape index (κ3) is 7.03. The molecule has 1 aliphatic carbocycles. The van der Waals surface area contributed by atoms with E-state index >= 15 is 0 Å². The minimum absolute atomic E-state index is 0.0101. The van der Waals surface area contributed by atoms with Crippen molar-refractivity contribution in [1.82, 2.24) is 0 Å². The molecule has 50 heavy (non-hydrogen) atoms. The highest BCUT2D eigenvalue weighted by Gasteiger charge is 2.33. The van der Waals surface area contributed by atoms with Crippen molar-refractivity contribution in [2.75, 3.05) is 16.1 Å². The zero-order chi connectivity index (χ0) is 36.2. The van der Waals surface area contributed by atoms with Gasteiger partial charge < -0.3 is 15.7 Å². The number of nitrogens with one attached hydrogen (secondary N) is 3. The van der Waals surface area contributed by atoms with E-state index in [4.69, 9.17) is 0 Å². The molecule has 0 heterocycles. The lowest BCUT2D eigenvalue weighted by Gasteiger charge is -2.17. The van der Waals surface area contributed by atoms with Crippen molar-refractivity contribution in [3.8, 4) is 5.75 Å². The van der Waals surface area contributed by atoms with E-state index < -0.39 is 63.4 Å². The fourth-order valence-electron chi connectivity index (χ4n) is 5.14. The van der Waals surface area contributed by atoms with Crippen LogP contribution in [0.15, 0.2) is 105 Å². The highest BCUT2D eigenvalue weighted by atomic mass is 32.2. The number of hydrogen-bond donors (Lipinski definition) is 7. The molecular weight excluding hydrogens is 717 g/mol. The monoisotopic (exact) mass is 738 g/mol. The highest BCUT2D eigenvalue weighted by molar-refractivity contribution is 7.91. The number of carbonyl (C=O) groups excluding carboxylic acids is 2. The van der Waals surface area contributed by atoms with Crippen LogP contribution < -0.4 is 16.1 Å². The van der Waals surface area contributed by atoms with Gasteiger partial charge in [-0.15, -0.1) is 0 Å². The number of benzene rings is 5. The van der Waals surface area contributed by atoms with Crippen molar-refractivity contribution in [3.05, 3.63) is 101 Å². The number of aromatic hydroxyl groups is 1. The van der Waals surface area contributed by atoms with E-state index in [0.29, 0.717) is 10.8 Å². The summed E-state index contributed by atoms with van der Waals surface area (Å²) >= 11 is 0. The molecule has 0 radical (unpaired) electrons. The molecular formula is C31H22N4O12S3. The number of anilines is 3. The predicted molar refractivity (Wildman–Crippen MR) is 183 cm³/mol. The molecule has 1 aliphatic rings. The van der Waals surface area contributed by atoms with Gasteiger partial charge in [0.1, 0.15) is 10.7 Å². The van der Waals surface area contributed by atoms with E-state index in [2.05, 4.69) is 21.2 Å². The Morgan fingerprint density at radius 2 is 1.20 bits per heavy atom. The Hall–Kier alpha value is -5.70. The summed E-state index contributed by atoms with van der Waals surface area (Å²) in [6.45, 7) is 0. The Kier molecular flexibility index (Phi) is 8.42. The van der Waals surface area contributed by atoms with Crippen molar-refractivity contribution in [1.29, 1.82) is 0 Å². The highest BCUT2D eigenvalue weighted by Crippen LogP contribution is 2.32. The van der Waals surface area contributed by atoms with Crippen molar-refractivity contribution in [2.24, 2.45) is 5.10 Å². The molecule has 0 unspecified atom stereocenters. The maximum atomic E-state index is 13.4. The van der Waals surface area contributed by atoms with Crippen molar-refractivity contribution >= 4 is 92.6 Å². The van der Waals surface area contributed by atoms with Gasteiger partial charge in [-0.25, -0.2) is 4.79 Å². The van der Waals surface area contributed by atoms with Crippen LogP contribution in [0.4, 0.5) is 21.9 Å². The molecule has 16 nitrogen and oxygen atoms in total. The van der Waals surface area contributed by atoms with E-state index in [-0.39, 0.29) is 43.9 Å². The number of Topliss-reactive ketones (excluding diaryl/α,β-unsaturated/α-hetero) is 1. The number of rotatable bonds is 7. The Balaban J connectivity index is 1.23. The van der Waals surface area contributed by atoms with Crippen LogP contribution in [0.1, 0.15) is 15.9 Å². The third-order valence-electron chi connectivity index (χ3n) is 7.43. The van der Waals surface area contributed by atoms with Crippen molar-refractivity contribution in [3.63, 3.8) is 0 Å². The minimum atomic E-state index is -5.00. The fraction of sp³-hybridized carbons (Fsp3) is 0. The van der Waals surface area contributed by atoms with Crippen LogP contribution in [0.25, 0.3) is 27.6 Å². The molecule has 0 atom stereocenters. The zero-order valence-corrected chi connectivity index (χ0v) is 27.3. The van der Waals surface area contributed by atoms with E-state index in [0.717, 1.165) is 18.2 Å². The molecule has 6 rings (SSSR count). The van der Waals surface area contributed by atoms with Gasteiger partial charge in [0.2, 0.25) is 5.78 Å². The molecule has 5 aromatic carbocycles. The molecule has 0 saturated carbocycles. The lowest BCUT2D eigenvalue weighted by Crippen LogP contribution is -2.27. The number of fused-ring (bicyclic) bond motifs is 3. The number of carbonyl (C=O) groups is 2. The Bertz CT molecular complexity index is 2710. The Morgan fingerprint density at radius 3 is 1.88 bits per heavy atom. The van der Waals surface area contributed by atoms with Gasteiger partial charge in [0, 0.05) is 28.4 Å². The van der Waals surface area contributed by atoms with Crippen LogP contribution in [-0.4, -0.2) is 61.5 Å². The number of ketones is 1. The van der Waals surface area contributed by atoms with E-state index in [1.807, 2.05) is 0 Å². The number of hydrogen-bond acceptors (Lipinski definition) is 11. The number of phenols is 1. The topological polar surface area (TPSA) is 266 Å². The van der Waals surface area contributed by atoms with Gasteiger partial charge in [-0.3, -0.25) is 23.9 Å². The van der Waals surface area contributed by atoms with Gasteiger partial charge in [0.05, 0.1) is 15.5 Å². The second-order valence-corrected chi connectivity index (χ2v) is 15.1. The summed E-state index contributed by atoms with van der Waals surface area (Å²) in [6, 6.07) is 17.6. The van der Waals surface area contributed by atoms with Crippen LogP contribution in [0.2, 0.25) is 0 Å². The molecule has 0 saturated heterocycles. The second kappa shape index (κ2) is 12.3. The number of allylic oxidation sites excluding steroid dienone is 1. The molecule has 0 fully saturated rings. The summed E-state index contributed by atoms with van der Waals surface area (Å²) < 4.78 is 99.1. The maximum absolute atomic E-state index is 13.4. The van der Waals surface area contributed by atoms with Crippen LogP contribution in [0.3, 0.4) is 0 Å². The van der Waals surface area contributed by atoms with Crippen molar-refractivity contribution < 1.29 is 53.6 Å². The summed E-state index contributed by atoms with van der Waals surface area (Å²) in [6.07, 6.45) is 0.996. The first-order valence-corrected chi connectivity index (χ1v) is 18.2. The summed E-state index contributed by atoms with van der Waals surface area (Å²) in [4.78, 5) is 24.5. The van der Waals surface area contributed by atoms with Gasteiger partial charge in [-0.05, 0) is 94.5 Å². The number of hydrazone groups is 1. The molecule has 19 heteroatoms. The normalized spacial score (nSPS) is 14.3. The largest absolute Gasteiger partial charge is 0.507 e. The summed E-state index contributed by atoms with van der Waals surface area (Å²) in [7, 11) is -14.1. The lowest BCUT2D eigenvalue weighted by atomic mass is 9.94. The lowest BCUT2D eigenvalue weighted by molar-refractivity contribution is 0.106. The van der Waals surface area contributed by atoms with Crippen LogP contribution >= 0.6 is 0 Å². The van der Waals surface area contributed by atoms with E-state index in [1.165, 1.54) is 72.8 Å². The first-order valence-electron chi connectivity index (χ1n) is 13.9. The summed E-state index contributed by atoms with van der Waals surface area (Å²) in [5.74, 6) is -1.29. The molecule has 0 bridgehead atoms. The molecule has 0 aromatic heterocycles. The predicted octanol–water partition coefficient (Wildman–Crippen LogP) is 4.73. The Labute approximate surface area is 283 Å². The number of nitrogens with zero attached hydrogens (tertiary/aromatic N) is 1. The first kappa shape index (κ1) is 34.2. The molecule has 5 aromatic rings. The average Bonchev–Trinajstić information content (AvgIpc) is 3.02. The van der Waals surface area contributed by atoms with E-state index in [9.17, 15) is 53.6 Å². The maximum Gasteiger partial charge on any atom is 0.323 e. The molecule has 2 amide bonds. The standard InChI is InChI=1S/C31H22N4O12S3/c36-27-15-24(49(42,43)44)13-18-10-20(4-7-25(18)27)32-31(38)33-21-5-8-26-19(11-21)14-28(50(45,46)47)29(30(26)37)35-34-22-3-1-17-12-23(48(39,40)41)6-2-16(17)9-22/h1-15,34,36H,(H2,32,33,38)(H,39,40,41)(H,42,43,44)(H,45,46,47)/b35-29+. The summed E-state index contributed by atoms with van der Waals surface area (Å²) in [5, 5.41) is 20.5.